The van der Waals surface area contributed by atoms with Gasteiger partial charge in [0.15, 0.2) is 0 Å². The van der Waals surface area contributed by atoms with Crippen LogP contribution in [0.25, 0.3) is 0 Å². The summed E-state index contributed by atoms with van der Waals surface area (Å²) in [5.74, 6) is 0.00128. The van der Waals surface area contributed by atoms with Crippen LogP contribution in [0, 0.1) is 5.92 Å². The van der Waals surface area contributed by atoms with Crippen LogP contribution >= 0.6 is 0 Å². The lowest BCUT2D eigenvalue weighted by molar-refractivity contribution is 0.0697. The minimum atomic E-state index is -0.859. The van der Waals surface area contributed by atoms with Gasteiger partial charge in [-0.1, -0.05) is 38.2 Å². The van der Waals surface area contributed by atoms with Crippen molar-refractivity contribution in [2.45, 2.75) is 38.5 Å². The fourth-order valence-corrected chi connectivity index (χ4v) is 2.86. The van der Waals surface area contributed by atoms with Gasteiger partial charge in [-0.3, -0.25) is 0 Å². The van der Waals surface area contributed by atoms with Crippen LogP contribution in [0.15, 0.2) is 24.3 Å². The Morgan fingerprint density at radius 2 is 2.05 bits per heavy atom. The average Bonchev–Trinajstić information content (AvgIpc) is 2.46. The first-order valence-corrected chi connectivity index (χ1v) is 7.21. The molecule has 0 aliphatic heterocycles. The lowest BCUT2D eigenvalue weighted by Gasteiger charge is -2.25. The molecular weight excluding hydrogens is 238 g/mol. The minimum Gasteiger partial charge on any atom is -0.478 e. The molecule has 0 heterocycles. The highest BCUT2D eigenvalue weighted by atomic mass is 16.4. The maximum absolute atomic E-state index is 11.0. The highest BCUT2D eigenvalue weighted by Crippen LogP contribution is 2.27. The van der Waals surface area contributed by atoms with Gasteiger partial charge in [-0.2, -0.15) is 0 Å². The quantitative estimate of drug-likeness (QED) is 0.876. The van der Waals surface area contributed by atoms with Crippen LogP contribution in [-0.4, -0.2) is 24.7 Å². The molecule has 1 aromatic rings. The molecule has 1 saturated carbocycles. The number of carbonyl (C=O) groups is 1. The Morgan fingerprint density at radius 1 is 1.32 bits per heavy atom. The summed E-state index contributed by atoms with van der Waals surface area (Å²) in [4.78, 5) is 13.1. The third kappa shape index (κ3) is 3.98. The van der Waals surface area contributed by atoms with Gasteiger partial charge in [0.05, 0.1) is 5.56 Å². The summed E-state index contributed by atoms with van der Waals surface area (Å²) in [7, 11) is 2.05. The van der Waals surface area contributed by atoms with Crippen molar-refractivity contribution in [1.82, 2.24) is 0 Å². The maximum atomic E-state index is 11.0. The second-order valence-electron chi connectivity index (χ2n) is 5.57. The summed E-state index contributed by atoms with van der Waals surface area (Å²) >= 11 is 0. The number of rotatable bonds is 5. The van der Waals surface area contributed by atoms with Gasteiger partial charge in [0.1, 0.15) is 0 Å². The van der Waals surface area contributed by atoms with Gasteiger partial charge in [-0.15, -0.1) is 0 Å². The van der Waals surface area contributed by atoms with Crippen molar-refractivity contribution in [3.63, 3.8) is 0 Å². The zero-order chi connectivity index (χ0) is 13.7. The maximum Gasteiger partial charge on any atom is 0.335 e. The van der Waals surface area contributed by atoms with Gasteiger partial charge in [0.2, 0.25) is 0 Å². The molecule has 1 aromatic carbocycles. The molecule has 104 valence electrons. The van der Waals surface area contributed by atoms with Crippen molar-refractivity contribution in [3.8, 4) is 0 Å². The molecule has 0 saturated heterocycles. The summed E-state index contributed by atoms with van der Waals surface area (Å²) in [6, 6.07) is 7.19. The number of carboxylic acid groups (broad SMARTS) is 1. The number of anilines is 1. The van der Waals surface area contributed by atoms with E-state index >= 15 is 0 Å². The average molecular weight is 261 g/mol. The van der Waals surface area contributed by atoms with E-state index in [1.165, 1.54) is 38.5 Å². The molecule has 1 N–H and O–H groups in total. The normalized spacial score (nSPS) is 16.3. The number of hydrogen-bond acceptors (Lipinski definition) is 2. The Bertz CT molecular complexity index is 425. The van der Waals surface area contributed by atoms with Crippen molar-refractivity contribution in [2.75, 3.05) is 18.5 Å². The Balaban J connectivity index is 1.89. The van der Waals surface area contributed by atoms with Crippen molar-refractivity contribution >= 4 is 11.7 Å². The predicted octanol–water partition coefficient (Wildman–Crippen LogP) is 3.79. The van der Waals surface area contributed by atoms with Crippen LogP contribution in [0.4, 0.5) is 5.69 Å². The fourth-order valence-electron chi connectivity index (χ4n) is 2.86. The molecular formula is C16H23NO2. The lowest BCUT2D eigenvalue weighted by atomic mass is 9.87. The van der Waals surface area contributed by atoms with E-state index < -0.39 is 5.97 Å². The van der Waals surface area contributed by atoms with Gasteiger partial charge in [0.25, 0.3) is 0 Å². The zero-order valence-electron chi connectivity index (χ0n) is 11.6. The second kappa shape index (κ2) is 6.60. The molecule has 1 aliphatic carbocycles. The summed E-state index contributed by atoms with van der Waals surface area (Å²) in [5, 5.41) is 9.01. The molecule has 0 atom stereocenters. The van der Waals surface area contributed by atoms with Gasteiger partial charge < -0.3 is 10.0 Å². The van der Waals surface area contributed by atoms with Crippen LogP contribution in [-0.2, 0) is 0 Å². The van der Waals surface area contributed by atoms with E-state index in [-0.39, 0.29) is 0 Å². The van der Waals surface area contributed by atoms with E-state index in [9.17, 15) is 4.79 Å². The number of carboxylic acids is 1. The molecule has 1 aliphatic rings. The Kier molecular flexibility index (Phi) is 4.83. The monoisotopic (exact) mass is 261 g/mol. The van der Waals surface area contributed by atoms with Gasteiger partial charge in [0, 0.05) is 19.3 Å². The highest BCUT2D eigenvalue weighted by Gasteiger charge is 2.14. The summed E-state index contributed by atoms with van der Waals surface area (Å²) in [6.07, 6.45) is 8.10. The summed E-state index contributed by atoms with van der Waals surface area (Å²) in [6.45, 7) is 1.01. The number of aromatic carboxylic acids is 1. The lowest BCUT2D eigenvalue weighted by Crippen LogP contribution is -2.22. The van der Waals surface area contributed by atoms with E-state index in [0.717, 1.165) is 18.2 Å². The van der Waals surface area contributed by atoms with Crippen LogP contribution in [0.2, 0.25) is 0 Å². The zero-order valence-corrected chi connectivity index (χ0v) is 11.6. The van der Waals surface area contributed by atoms with E-state index in [0.29, 0.717) is 5.56 Å². The van der Waals surface area contributed by atoms with Crippen LogP contribution in [0.3, 0.4) is 0 Å². The van der Waals surface area contributed by atoms with Crippen LogP contribution in [0.5, 0.6) is 0 Å². The molecule has 19 heavy (non-hydrogen) atoms. The van der Waals surface area contributed by atoms with Crippen LogP contribution in [0.1, 0.15) is 48.9 Å². The SMILES string of the molecule is CN(CCC1CCCCC1)c1cccc(C(=O)O)c1. The molecule has 0 aromatic heterocycles. The smallest absolute Gasteiger partial charge is 0.335 e. The number of nitrogens with zero attached hydrogens (tertiary/aromatic N) is 1. The first-order valence-electron chi connectivity index (χ1n) is 7.21. The topological polar surface area (TPSA) is 40.5 Å². The fraction of sp³-hybridized carbons (Fsp3) is 0.562. The summed E-state index contributed by atoms with van der Waals surface area (Å²) < 4.78 is 0. The predicted molar refractivity (Wildman–Crippen MR) is 77.9 cm³/mol. The molecule has 0 unspecified atom stereocenters. The third-order valence-electron chi connectivity index (χ3n) is 4.13. The molecule has 0 amide bonds. The van der Waals surface area contributed by atoms with Gasteiger partial charge >= 0.3 is 5.97 Å². The Hall–Kier alpha value is -1.51. The van der Waals surface area contributed by atoms with Crippen LogP contribution < -0.4 is 4.90 Å². The molecule has 0 bridgehead atoms. The number of hydrogen-bond donors (Lipinski definition) is 1. The highest BCUT2D eigenvalue weighted by molar-refractivity contribution is 5.88. The van der Waals surface area contributed by atoms with E-state index in [1.54, 1.807) is 12.1 Å². The molecule has 2 rings (SSSR count). The van der Waals surface area contributed by atoms with Crippen molar-refractivity contribution in [3.05, 3.63) is 29.8 Å². The first-order chi connectivity index (χ1) is 9.16. The first kappa shape index (κ1) is 13.9. The number of benzene rings is 1. The minimum absolute atomic E-state index is 0.363. The largest absolute Gasteiger partial charge is 0.478 e. The van der Waals surface area contributed by atoms with Gasteiger partial charge in [-0.05, 0) is 30.5 Å². The summed E-state index contributed by atoms with van der Waals surface area (Å²) in [5.41, 5.74) is 1.36. The molecule has 0 radical (unpaired) electrons. The Morgan fingerprint density at radius 3 is 2.74 bits per heavy atom. The van der Waals surface area contributed by atoms with Crippen molar-refractivity contribution in [2.24, 2.45) is 5.92 Å². The van der Waals surface area contributed by atoms with E-state index in [1.807, 2.05) is 19.2 Å². The molecule has 0 spiro atoms. The standard InChI is InChI=1S/C16H23NO2/c1-17(11-10-13-6-3-2-4-7-13)15-9-5-8-14(12-15)16(18)19/h5,8-9,12-13H,2-4,6-7,10-11H2,1H3,(H,18,19). The Labute approximate surface area is 115 Å². The van der Waals surface area contributed by atoms with E-state index in [2.05, 4.69) is 4.90 Å². The molecule has 3 heteroatoms. The van der Waals surface area contributed by atoms with Gasteiger partial charge in [-0.25, -0.2) is 4.79 Å². The van der Waals surface area contributed by atoms with Crippen molar-refractivity contribution < 1.29 is 9.90 Å². The molecule has 3 nitrogen and oxygen atoms in total. The third-order valence-corrected chi connectivity index (χ3v) is 4.13. The second-order valence-corrected chi connectivity index (χ2v) is 5.57. The van der Waals surface area contributed by atoms with Crippen molar-refractivity contribution in [1.29, 1.82) is 0 Å². The molecule has 1 fully saturated rings. The van der Waals surface area contributed by atoms with E-state index in [4.69, 9.17) is 5.11 Å².